The molecule has 1 unspecified atom stereocenters. The third-order valence-corrected chi connectivity index (χ3v) is 6.28. The maximum absolute atomic E-state index is 13.4. The standard InChI is InChI=1S/C26H23N3O3S/c1-16-11-13-21(14-12-16)29-25(32)22-9-4-5-10-23(22)28-26(29)33-18(3)24(31)27-20-8-6-7-19(15-20)17(2)30/h4-15,18H,1-3H3,(H,27,31). The molecular formula is C26H23N3O3S. The third kappa shape index (κ3) is 4.88. The van der Waals surface area contributed by atoms with E-state index >= 15 is 0 Å². The molecule has 7 heteroatoms. The van der Waals surface area contributed by atoms with Crippen molar-refractivity contribution in [3.05, 3.63) is 94.3 Å². The zero-order valence-corrected chi connectivity index (χ0v) is 19.3. The zero-order chi connectivity index (χ0) is 23.5. The Morgan fingerprint density at radius 2 is 1.73 bits per heavy atom. The lowest BCUT2D eigenvalue weighted by Gasteiger charge is -2.17. The summed E-state index contributed by atoms with van der Waals surface area (Å²) in [7, 11) is 0. The van der Waals surface area contributed by atoms with Crippen molar-refractivity contribution >= 4 is 40.0 Å². The van der Waals surface area contributed by atoms with Crippen LogP contribution in [0.15, 0.2) is 82.7 Å². The molecule has 1 heterocycles. The molecule has 0 saturated heterocycles. The van der Waals surface area contributed by atoms with Gasteiger partial charge in [-0.15, -0.1) is 0 Å². The van der Waals surface area contributed by atoms with E-state index in [4.69, 9.17) is 4.98 Å². The summed E-state index contributed by atoms with van der Waals surface area (Å²) < 4.78 is 1.55. The van der Waals surface area contributed by atoms with Crippen molar-refractivity contribution in [3.63, 3.8) is 0 Å². The maximum atomic E-state index is 13.4. The second-order valence-electron chi connectivity index (χ2n) is 7.77. The van der Waals surface area contributed by atoms with Crippen LogP contribution in [0, 0.1) is 6.92 Å². The lowest BCUT2D eigenvalue weighted by Crippen LogP contribution is -2.26. The summed E-state index contributed by atoms with van der Waals surface area (Å²) in [5.74, 6) is -0.324. The van der Waals surface area contributed by atoms with Gasteiger partial charge in [0, 0.05) is 11.3 Å². The van der Waals surface area contributed by atoms with Gasteiger partial charge < -0.3 is 5.32 Å². The van der Waals surface area contributed by atoms with Crippen LogP contribution in [-0.4, -0.2) is 26.5 Å². The summed E-state index contributed by atoms with van der Waals surface area (Å²) in [6, 6.07) is 21.6. The van der Waals surface area contributed by atoms with Crippen LogP contribution in [0.4, 0.5) is 5.69 Å². The maximum Gasteiger partial charge on any atom is 0.266 e. The van der Waals surface area contributed by atoms with Crippen LogP contribution in [0.25, 0.3) is 16.6 Å². The van der Waals surface area contributed by atoms with Crippen molar-refractivity contribution in [1.82, 2.24) is 9.55 Å². The monoisotopic (exact) mass is 457 g/mol. The quantitative estimate of drug-likeness (QED) is 0.250. The first-order chi connectivity index (χ1) is 15.8. The Labute approximate surface area is 195 Å². The van der Waals surface area contributed by atoms with Crippen molar-refractivity contribution in [1.29, 1.82) is 0 Å². The highest BCUT2D eigenvalue weighted by atomic mass is 32.2. The van der Waals surface area contributed by atoms with E-state index in [9.17, 15) is 14.4 Å². The van der Waals surface area contributed by atoms with Gasteiger partial charge in [-0.1, -0.05) is 53.7 Å². The number of amides is 1. The number of aromatic nitrogens is 2. The van der Waals surface area contributed by atoms with Crippen molar-refractivity contribution in [3.8, 4) is 5.69 Å². The predicted octanol–water partition coefficient (Wildman–Crippen LogP) is 5.02. The second kappa shape index (κ2) is 9.42. The largest absolute Gasteiger partial charge is 0.325 e. The fourth-order valence-electron chi connectivity index (χ4n) is 3.38. The summed E-state index contributed by atoms with van der Waals surface area (Å²) in [5.41, 5.74) is 3.23. The molecule has 1 amide bonds. The van der Waals surface area contributed by atoms with Gasteiger partial charge in [0.25, 0.3) is 5.56 Å². The van der Waals surface area contributed by atoms with Gasteiger partial charge in [0.05, 0.1) is 21.8 Å². The number of hydrogen-bond acceptors (Lipinski definition) is 5. The van der Waals surface area contributed by atoms with E-state index in [1.54, 1.807) is 47.9 Å². The first-order valence-corrected chi connectivity index (χ1v) is 11.4. The highest BCUT2D eigenvalue weighted by Gasteiger charge is 2.20. The van der Waals surface area contributed by atoms with Gasteiger partial charge in [-0.25, -0.2) is 4.98 Å². The van der Waals surface area contributed by atoms with Crippen molar-refractivity contribution in [2.45, 2.75) is 31.2 Å². The minimum Gasteiger partial charge on any atom is -0.325 e. The first kappa shape index (κ1) is 22.5. The Kier molecular flexibility index (Phi) is 6.42. The van der Waals surface area contributed by atoms with Crippen LogP contribution in [0.3, 0.4) is 0 Å². The molecule has 4 rings (SSSR count). The number of anilines is 1. The summed E-state index contributed by atoms with van der Waals surface area (Å²) in [5, 5.41) is 3.25. The van der Waals surface area contributed by atoms with Crippen LogP contribution in [0.2, 0.25) is 0 Å². The third-order valence-electron chi connectivity index (χ3n) is 5.23. The van der Waals surface area contributed by atoms with Crippen molar-refractivity contribution in [2.24, 2.45) is 0 Å². The zero-order valence-electron chi connectivity index (χ0n) is 18.5. The van der Waals surface area contributed by atoms with Crippen LogP contribution in [-0.2, 0) is 4.79 Å². The van der Waals surface area contributed by atoms with Gasteiger partial charge in [-0.2, -0.15) is 0 Å². The van der Waals surface area contributed by atoms with Crippen LogP contribution >= 0.6 is 11.8 Å². The number of Topliss-reactive ketones (excluding diaryl/α,β-unsaturated/α-hetero) is 1. The molecule has 0 bridgehead atoms. The topological polar surface area (TPSA) is 81.1 Å². The molecule has 0 fully saturated rings. The molecule has 33 heavy (non-hydrogen) atoms. The Bertz CT molecular complexity index is 1410. The Morgan fingerprint density at radius 3 is 2.45 bits per heavy atom. The minimum atomic E-state index is -0.546. The second-order valence-corrected chi connectivity index (χ2v) is 9.08. The number of carbonyl (C=O) groups is 2. The van der Waals surface area contributed by atoms with E-state index in [0.717, 1.165) is 5.56 Å². The fraction of sp³-hybridized carbons (Fsp3) is 0.154. The Hall–Kier alpha value is -3.71. The normalized spacial score (nSPS) is 11.8. The van der Waals surface area contributed by atoms with E-state index in [2.05, 4.69) is 5.32 Å². The highest BCUT2D eigenvalue weighted by Crippen LogP contribution is 2.26. The summed E-state index contributed by atoms with van der Waals surface area (Å²) in [6.45, 7) is 5.22. The van der Waals surface area contributed by atoms with Crippen LogP contribution < -0.4 is 10.9 Å². The fourth-order valence-corrected chi connectivity index (χ4v) is 4.31. The van der Waals surface area contributed by atoms with E-state index in [1.807, 2.05) is 43.3 Å². The molecule has 4 aromatic rings. The van der Waals surface area contributed by atoms with Gasteiger partial charge in [0.15, 0.2) is 10.9 Å². The molecule has 1 aromatic heterocycles. The van der Waals surface area contributed by atoms with E-state index in [1.165, 1.54) is 18.7 Å². The van der Waals surface area contributed by atoms with Gasteiger partial charge in [-0.3, -0.25) is 19.0 Å². The summed E-state index contributed by atoms with van der Waals surface area (Å²) in [6.07, 6.45) is 0. The molecular weight excluding hydrogens is 434 g/mol. The number of aryl methyl sites for hydroxylation is 1. The molecule has 0 radical (unpaired) electrons. The minimum absolute atomic E-state index is 0.0731. The number of benzene rings is 3. The Morgan fingerprint density at radius 1 is 1.00 bits per heavy atom. The molecule has 0 spiro atoms. The average Bonchev–Trinajstić information content (AvgIpc) is 2.80. The first-order valence-electron chi connectivity index (χ1n) is 10.5. The van der Waals surface area contributed by atoms with Crippen molar-refractivity contribution < 1.29 is 9.59 Å². The lowest BCUT2D eigenvalue weighted by atomic mass is 10.1. The number of carbonyl (C=O) groups excluding carboxylic acids is 2. The molecule has 0 aliphatic heterocycles. The van der Waals surface area contributed by atoms with Gasteiger partial charge >= 0.3 is 0 Å². The predicted molar refractivity (Wildman–Crippen MR) is 132 cm³/mol. The molecule has 1 atom stereocenters. The SMILES string of the molecule is CC(=O)c1cccc(NC(=O)C(C)Sc2nc3ccccc3c(=O)n2-c2ccc(C)cc2)c1. The number of nitrogens with zero attached hydrogens (tertiary/aromatic N) is 2. The summed E-state index contributed by atoms with van der Waals surface area (Å²) in [4.78, 5) is 42.6. The highest BCUT2D eigenvalue weighted by molar-refractivity contribution is 8.00. The number of thioether (sulfide) groups is 1. The molecule has 0 saturated carbocycles. The molecule has 1 N–H and O–H groups in total. The van der Waals surface area contributed by atoms with Crippen molar-refractivity contribution in [2.75, 3.05) is 5.32 Å². The number of fused-ring (bicyclic) bond motifs is 1. The van der Waals surface area contributed by atoms with E-state index in [-0.39, 0.29) is 17.2 Å². The van der Waals surface area contributed by atoms with Gasteiger partial charge in [0.2, 0.25) is 5.91 Å². The Balaban J connectivity index is 1.68. The lowest BCUT2D eigenvalue weighted by molar-refractivity contribution is -0.115. The number of ketones is 1. The van der Waals surface area contributed by atoms with Gasteiger partial charge in [0.1, 0.15) is 0 Å². The number of para-hydroxylation sites is 1. The number of nitrogens with one attached hydrogen (secondary N) is 1. The molecule has 0 aliphatic rings. The van der Waals surface area contributed by atoms with E-state index < -0.39 is 5.25 Å². The molecule has 0 aliphatic carbocycles. The van der Waals surface area contributed by atoms with E-state index in [0.29, 0.717) is 33.0 Å². The smallest absolute Gasteiger partial charge is 0.266 e. The summed E-state index contributed by atoms with van der Waals surface area (Å²) >= 11 is 1.21. The molecule has 3 aromatic carbocycles. The van der Waals surface area contributed by atoms with Crippen LogP contribution in [0.5, 0.6) is 0 Å². The average molecular weight is 458 g/mol. The number of hydrogen-bond donors (Lipinski definition) is 1. The molecule has 6 nitrogen and oxygen atoms in total. The van der Waals surface area contributed by atoms with Crippen LogP contribution in [0.1, 0.15) is 29.8 Å². The molecule has 166 valence electrons. The van der Waals surface area contributed by atoms with Gasteiger partial charge in [-0.05, 0) is 57.2 Å². The number of rotatable bonds is 6.